The molecule has 29 heavy (non-hydrogen) atoms. The third-order valence-corrected chi connectivity index (χ3v) is 6.89. The number of aliphatic imine (C=N–C) groups is 1. The molecule has 0 aromatic rings. The van der Waals surface area contributed by atoms with Gasteiger partial charge in [0, 0.05) is 58.4 Å². The van der Waals surface area contributed by atoms with Gasteiger partial charge >= 0.3 is 6.18 Å². The Morgan fingerprint density at radius 3 is 2.21 bits per heavy atom. The van der Waals surface area contributed by atoms with E-state index < -0.39 is 12.2 Å². The first-order valence-electron chi connectivity index (χ1n) is 10.9. The SMILES string of the molecule is CN=C(NCC1(N2CCOCC2)CCCCC1)N1CCN(C(C)C(F)(F)F)CC1. The maximum atomic E-state index is 13.0. The van der Waals surface area contributed by atoms with Gasteiger partial charge < -0.3 is 15.0 Å². The van der Waals surface area contributed by atoms with Gasteiger partial charge in [0.1, 0.15) is 6.04 Å². The standard InChI is InChI=1S/C20H36F3N5O/c1-17(20(21,22)23)26-8-10-27(11-9-26)18(24-2)25-16-19(6-4-3-5-7-19)28-12-14-29-15-13-28/h17H,3-16H2,1-2H3,(H,24,25). The summed E-state index contributed by atoms with van der Waals surface area (Å²) in [5.41, 5.74) is 0.130. The molecular formula is C20H36F3N5O. The zero-order valence-electron chi connectivity index (χ0n) is 17.8. The number of nitrogens with one attached hydrogen (secondary N) is 1. The van der Waals surface area contributed by atoms with Crippen LogP contribution in [-0.4, -0.2) is 104 Å². The maximum Gasteiger partial charge on any atom is 0.403 e. The molecule has 3 fully saturated rings. The number of nitrogens with zero attached hydrogens (tertiary/aromatic N) is 4. The lowest BCUT2D eigenvalue weighted by molar-refractivity contribution is -0.181. The zero-order chi connectivity index (χ0) is 20.9. The number of guanidine groups is 1. The topological polar surface area (TPSA) is 43.3 Å². The molecule has 2 saturated heterocycles. The van der Waals surface area contributed by atoms with E-state index in [0.717, 1.165) is 38.8 Å². The lowest BCUT2D eigenvalue weighted by Gasteiger charge is -2.49. The van der Waals surface area contributed by atoms with E-state index >= 15 is 0 Å². The van der Waals surface area contributed by atoms with E-state index in [1.54, 1.807) is 7.05 Å². The lowest BCUT2D eigenvalue weighted by atomic mass is 9.79. The summed E-state index contributed by atoms with van der Waals surface area (Å²) >= 11 is 0. The molecule has 1 saturated carbocycles. The smallest absolute Gasteiger partial charge is 0.379 e. The highest BCUT2D eigenvalue weighted by molar-refractivity contribution is 5.80. The highest BCUT2D eigenvalue weighted by Crippen LogP contribution is 2.34. The van der Waals surface area contributed by atoms with Gasteiger partial charge in [-0.1, -0.05) is 19.3 Å². The Balaban J connectivity index is 1.57. The molecule has 0 aromatic carbocycles. The van der Waals surface area contributed by atoms with E-state index in [-0.39, 0.29) is 5.54 Å². The monoisotopic (exact) mass is 419 g/mol. The van der Waals surface area contributed by atoms with Gasteiger partial charge in [0.15, 0.2) is 5.96 Å². The van der Waals surface area contributed by atoms with Gasteiger partial charge in [-0.3, -0.25) is 14.8 Å². The van der Waals surface area contributed by atoms with Crippen LogP contribution >= 0.6 is 0 Å². The summed E-state index contributed by atoms with van der Waals surface area (Å²) in [7, 11) is 1.76. The summed E-state index contributed by atoms with van der Waals surface area (Å²) in [6.45, 7) is 7.51. The first-order chi connectivity index (χ1) is 13.9. The second-order valence-electron chi connectivity index (χ2n) is 8.53. The Morgan fingerprint density at radius 2 is 1.66 bits per heavy atom. The number of rotatable bonds is 4. The fourth-order valence-corrected chi connectivity index (χ4v) is 4.96. The molecular weight excluding hydrogens is 383 g/mol. The van der Waals surface area contributed by atoms with Crippen molar-refractivity contribution in [2.45, 2.75) is 56.8 Å². The molecule has 0 radical (unpaired) electrons. The molecule has 2 aliphatic heterocycles. The van der Waals surface area contributed by atoms with Crippen molar-refractivity contribution in [1.29, 1.82) is 0 Å². The first kappa shape index (κ1) is 22.6. The minimum absolute atomic E-state index is 0.130. The number of hydrogen-bond acceptors (Lipinski definition) is 4. The normalized spacial score (nSPS) is 26.4. The van der Waals surface area contributed by atoms with Crippen molar-refractivity contribution in [3.05, 3.63) is 0 Å². The van der Waals surface area contributed by atoms with Crippen molar-refractivity contribution in [3.8, 4) is 0 Å². The van der Waals surface area contributed by atoms with Crippen LogP contribution in [-0.2, 0) is 4.74 Å². The molecule has 0 aromatic heterocycles. The molecule has 9 heteroatoms. The van der Waals surface area contributed by atoms with Gasteiger partial charge in [0.2, 0.25) is 0 Å². The Hall–Kier alpha value is -1.06. The summed E-state index contributed by atoms with van der Waals surface area (Å²) in [5, 5.41) is 3.57. The fourth-order valence-electron chi connectivity index (χ4n) is 4.96. The maximum absolute atomic E-state index is 13.0. The first-order valence-corrected chi connectivity index (χ1v) is 10.9. The largest absolute Gasteiger partial charge is 0.403 e. The van der Waals surface area contributed by atoms with Crippen LogP contribution in [0.2, 0.25) is 0 Å². The van der Waals surface area contributed by atoms with Crippen molar-refractivity contribution < 1.29 is 17.9 Å². The van der Waals surface area contributed by atoms with Gasteiger partial charge in [-0.25, -0.2) is 0 Å². The highest BCUT2D eigenvalue weighted by atomic mass is 19.4. The van der Waals surface area contributed by atoms with E-state index in [2.05, 4.69) is 20.1 Å². The van der Waals surface area contributed by atoms with Crippen molar-refractivity contribution in [2.75, 3.05) is 66.1 Å². The molecule has 2 heterocycles. The number of halogens is 3. The number of hydrogen-bond donors (Lipinski definition) is 1. The van der Waals surface area contributed by atoms with Crippen LogP contribution in [0.4, 0.5) is 13.2 Å². The molecule has 1 aliphatic carbocycles. The molecule has 0 bridgehead atoms. The lowest BCUT2D eigenvalue weighted by Crippen LogP contribution is -2.62. The van der Waals surface area contributed by atoms with E-state index in [9.17, 15) is 13.2 Å². The molecule has 0 spiro atoms. The minimum Gasteiger partial charge on any atom is -0.379 e. The average molecular weight is 420 g/mol. The Bertz CT molecular complexity index is 537. The molecule has 6 nitrogen and oxygen atoms in total. The minimum atomic E-state index is -4.17. The zero-order valence-corrected chi connectivity index (χ0v) is 17.8. The quantitative estimate of drug-likeness (QED) is 0.559. The van der Waals surface area contributed by atoms with Crippen LogP contribution in [0.25, 0.3) is 0 Å². The summed E-state index contributed by atoms with van der Waals surface area (Å²) in [6.07, 6.45) is 1.95. The number of piperazine rings is 1. The molecule has 168 valence electrons. The second kappa shape index (κ2) is 9.83. The second-order valence-corrected chi connectivity index (χ2v) is 8.53. The van der Waals surface area contributed by atoms with E-state index in [1.165, 1.54) is 43.9 Å². The summed E-state index contributed by atoms with van der Waals surface area (Å²) < 4.78 is 44.5. The van der Waals surface area contributed by atoms with Crippen LogP contribution in [0.3, 0.4) is 0 Å². The predicted molar refractivity (Wildman–Crippen MR) is 108 cm³/mol. The molecule has 0 amide bonds. The molecule has 1 unspecified atom stereocenters. The molecule has 1 atom stereocenters. The number of ether oxygens (including phenoxy) is 1. The number of alkyl halides is 3. The Kier molecular flexibility index (Phi) is 7.67. The Labute approximate surface area is 172 Å². The number of morpholine rings is 1. The van der Waals surface area contributed by atoms with Crippen molar-refractivity contribution in [3.63, 3.8) is 0 Å². The molecule has 3 aliphatic rings. The van der Waals surface area contributed by atoms with Gasteiger partial charge in [0.05, 0.1) is 13.2 Å². The fraction of sp³-hybridized carbons (Fsp3) is 0.950. The Morgan fingerprint density at radius 1 is 1.03 bits per heavy atom. The van der Waals surface area contributed by atoms with Crippen molar-refractivity contribution >= 4 is 5.96 Å². The summed E-state index contributed by atoms with van der Waals surface area (Å²) in [6, 6.07) is -1.40. The third-order valence-electron chi connectivity index (χ3n) is 6.89. The van der Waals surface area contributed by atoms with E-state index in [4.69, 9.17) is 4.74 Å². The van der Waals surface area contributed by atoms with Crippen LogP contribution < -0.4 is 5.32 Å². The van der Waals surface area contributed by atoms with E-state index in [0.29, 0.717) is 26.2 Å². The van der Waals surface area contributed by atoms with Crippen molar-refractivity contribution in [2.24, 2.45) is 4.99 Å². The van der Waals surface area contributed by atoms with Crippen molar-refractivity contribution in [1.82, 2.24) is 20.0 Å². The van der Waals surface area contributed by atoms with Crippen LogP contribution in [0.15, 0.2) is 4.99 Å². The predicted octanol–water partition coefficient (Wildman–Crippen LogP) is 2.17. The molecule has 1 N–H and O–H groups in total. The summed E-state index contributed by atoms with van der Waals surface area (Å²) in [5.74, 6) is 0.808. The third kappa shape index (κ3) is 5.55. The van der Waals surface area contributed by atoms with Crippen LogP contribution in [0.5, 0.6) is 0 Å². The molecule has 3 rings (SSSR count). The highest BCUT2D eigenvalue weighted by Gasteiger charge is 2.42. The van der Waals surface area contributed by atoms with E-state index in [1.807, 2.05) is 0 Å². The van der Waals surface area contributed by atoms with Gasteiger partial charge in [-0.05, 0) is 19.8 Å². The van der Waals surface area contributed by atoms with Crippen LogP contribution in [0, 0.1) is 0 Å². The van der Waals surface area contributed by atoms with Crippen LogP contribution in [0.1, 0.15) is 39.0 Å². The van der Waals surface area contributed by atoms with Gasteiger partial charge in [0.25, 0.3) is 0 Å². The van der Waals surface area contributed by atoms with Gasteiger partial charge in [-0.15, -0.1) is 0 Å². The average Bonchev–Trinajstić information content (AvgIpc) is 2.75. The summed E-state index contributed by atoms with van der Waals surface area (Å²) in [4.78, 5) is 10.6. The van der Waals surface area contributed by atoms with Gasteiger partial charge in [-0.2, -0.15) is 13.2 Å².